The first-order valence-electron chi connectivity index (χ1n) is 6.48. The number of nitrogens with one attached hydrogen (secondary N) is 1. The smallest absolute Gasteiger partial charge is 0.266 e. The Bertz CT molecular complexity index is 791. The average Bonchev–Trinajstić information content (AvgIpc) is 2.49. The summed E-state index contributed by atoms with van der Waals surface area (Å²) in [6.45, 7) is 1.78. The van der Waals surface area contributed by atoms with E-state index in [0.29, 0.717) is 16.3 Å². The first-order valence-corrected chi connectivity index (χ1v) is 6.86. The van der Waals surface area contributed by atoms with E-state index in [0.717, 1.165) is 5.56 Å². The first-order chi connectivity index (χ1) is 10.5. The number of phenols is 1. The van der Waals surface area contributed by atoms with Crippen LogP contribution in [0.3, 0.4) is 0 Å². The van der Waals surface area contributed by atoms with Gasteiger partial charge in [0.1, 0.15) is 17.4 Å². The molecule has 110 valence electrons. The lowest BCUT2D eigenvalue weighted by Gasteiger charge is -2.08. The van der Waals surface area contributed by atoms with Gasteiger partial charge in [-0.3, -0.25) is 4.79 Å². The lowest BCUT2D eigenvalue weighted by atomic mass is 10.1. The normalized spacial score (nSPS) is 10.9. The number of nitrogens with zero attached hydrogens (tertiary/aromatic N) is 1. The van der Waals surface area contributed by atoms with Crippen LogP contribution in [0.4, 0.5) is 5.69 Å². The molecule has 0 aliphatic carbocycles. The number of hydrogen-bond donors (Lipinski definition) is 2. The topological polar surface area (TPSA) is 73.1 Å². The van der Waals surface area contributed by atoms with Crippen LogP contribution in [0.15, 0.2) is 48.0 Å². The number of benzene rings is 2. The highest BCUT2D eigenvalue weighted by Gasteiger charge is 2.11. The fraction of sp³-hybridized carbons (Fsp3) is 0.0588. The van der Waals surface area contributed by atoms with E-state index in [2.05, 4.69) is 5.32 Å². The molecule has 2 aromatic rings. The zero-order valence-corrected chi connectivity index (χ0v) is 12.6. The van der Waals surface area contributed by atoms with Crippen LogP contribution >= 0.6 is 11.6 Å². The number of hydrogen-bond acceptors (Lipinski definition) is 3. The van der Waals surface area contributed by atoms with Crippen LogP contribution in [0.2, 0.25) is 5.02 Å². The van der Waals surface area contributed by atoms with Crippen molar-refractivity contribution in [2.75, 3.05) is 5.32 Å². The maximum absolute atomic E-state index is 12.2. The average molecular weight is 313 g/mol. The molecule has 1 amide bonds. The Morgan fingerprint density at radius 3 is 2.73 bits per heavy atom. The van der Waals surface area contributed by atoms with E-state index in [4.69, 9.17) is 16.9 Å². The summed E-state index contributed by atoms with van der Waals surface area (Å²) in [5.41, 5.74) is 1.78. The van der Waals surface area contributed by atoms with Crippen LogP contribution in [0, 0.1) is 18.3 Å². The molecule has 2 rings (SSSR count). The van der Waals surface area contributed by atoms with E-state index >= 15 is 0 Å². The summed E-state index contributed by atoms with van der Waals surface area (Å²) in [7, 11) is 0. The molecule has 2 aromatic carbocycles. The van der Waals surface area contributed by atoms with Gasteiger partial charge in [-0.1, -0.05) is 29.8 Å². The van der Waals surface area contributed by atoms with Gasteiger partial charge in [0, 0.05) is 10.7 Å². The molecule has 0 saturated carbocycles. The molecule has 0 saturated heterocycles. The maximum Gasteiger partial charge on any atom is 0.266 e. The first kappa shape index (κ1) is 15.6. The lowest BCUT2D eigenvalue weighted by Crippen LogP contribution is -2.14. The number of halogens is 1. The van der Waals surface area contributed by atoms with Crippen molar-refractivity contribution in [2.24, 2.45) is 0 Å². The van der Waals surface area contributed by atoms with Gasteiger partial charge in [0.2, 0.25) is 0 Å². The molecule has 4 nitrogen and oxygen atoms in total. The van der Waals surface area contributed by atoms with E-state index in [-0.39, 0.29) is 11.3 Å². The van der Waals surface area contributed by atoms with Crippen molar-refractivity contribution >= 4 is 29.3 Å². The van der Waals surface area contributed by atoms with Crippen molar-refractivity contribution in [3.05, 3.63) is 64.2 Å². The summed E-state index contributed by atoms with van der Waals surface area (Å²) in [5, 5.41) is 21.8. The van der Waals surface area contributed by atoms with Crippen LogP contribution in [-0.4, -0.2) is 11.0 Å². The molecular formula is C17H13ClN2O2. The van der Waals surface area contributed by atoms with E-state index in [1.165, 1.54) is 18.2 Å². The van der Waals surface area contributed by atoms with Crippen LogP contribution in [0.5, 0.6) is 5.75 Å². The summed E-state index contributed by atoms with van der Waals surface area (Å²) < 4.78 is 0. The number of aromatic hydroxyl groups is 1. The van der Waals surface area contributed by atoms with Gasteiger partial charge in [0.05, 0.1) is 0 Å². The van der Waals surface area contributed by atoms with Crippen molar-refractivity contribution in [3.8, 4) is 11.8 Å². The second-order valence-electron chi connectivity index (χ2n) is 4.63. The number of rotatable bonds is 3. The third kappa shape index (κ3) is 3.66. The summed E-state index contributed by atoms with van der Waals surface area (Å²) in [6, 6.07) is 13.3. The van der Waals surface area contributed by atoms with Gasteiger partial charge in [-0.2, -0.15) is 5.26 Å². The molecule has 2 N–H and O–H groups in total. The highest BCUT2D eigenvalue weighted by atomic mass is 35.5. The maximum atomic E-state index is 12.2. The van der Waals surface area contributed by atoms with Crippen molar-refractivity contribution in [3.63, 3.8) is 0 Å². The number of amides is 1. The molecule has 0 aromatic heterocycles. The number of phenolic OH excluding ortho intramolecular Hbond substituents is 1. The van der Waals surface area contributed by atoms with E-state index in [1.807, 2.05) is 6.07 Å². The minimum atomic E-state index is -0.531. The molecule has 0 atom stereocenters. The van der Waals surface area contributed by atoms with E-state index in [1.54, 1.807) is 37.3 Å². The minimum absolute atomic E-state index is 0.0648. The molecule has 0 bridgehead atoms. The molecule has 0 radical (unpaired) electrons. The van der Waals surface area contributed by atoms with Gasteiger partial charge in [-0.15, -0.1) is 0 Å². The predicted octanol–water partition coefficient (Wildman–Crippen LogP) is 3.90. The Balaban J connectivity index is 2.26. The quantitative estimate of drug-likeness (QED) is 0.667. The Hall–Kier alpha value is -2.77. The fourth-order valence-corrected chi connectivity index (χ4v) is 2.04. The summed E-state index contributed by atoms with van der Waals surface area (Å²) in [6.07, 6.45) is 1.41. The third-order valence-electron chi connectivity index (χ3n) is 3.06. The SMILES string of the molecule is Cc1c(Cl)cccc1NC(=O)C(C#N)=Cc1cccc(O)c1. The van der Waals surface area contributed by atoms with Crippen molar-refractivity contribution in [2.45, 2.75) is 6.92 Å². The highest BCUT2D eigenvalue weighted by molar-refractivity contribution is 6.31. The number of anilines is 1. The van der Waals surface area contributed by atoms with Crippen LogP contribution in [0.25, 0.3) is 6.08 Å². The molecule has 0 unspecified atom stereocenters. The van der Waals surface area contributed by atoms with Crippen molar-refractivity contribution < 1.29 is 9.90 Å². The van der Waals surface area contributed by atoms with Gasteiger partial charge in [-0.25, -0.2) is 0 Å². The van der Waals surface area contributed by atoms with Gasteiger partial charge < -0.3 is 10.4 Å². The van der Waals surface area contributed by atoms with E-state index < -0.39 is 5.91 Å². The number of carbonyl (C=O) groups excluding carboxylic acids is 1. The second-order valence-corrected chi connectivity index (χ2v) is 5.04. The van der Waals surface area contributed by atoms with Gasteiger partial charge >= 0.3 is 0 Å². The highest BCUT2D eigenvalue weighted by Crippen LogP contribution is 2.23. The molecule has 0 heterocycles. The molecular weight excluding hydrogens is 300 g/mol. The van der Waals surface area contributed by atoms with E-state index in [9.17, 15) is 9.90 Å². The third-order valence-corrected chi connectivity index (χ3v) is 3.47. The lowest BCUT2D eigenvalue weighted by molar-refractivity contribution is -0.112. The Labute approximate surface area is 133 Å². The number of nitriles is 1. The molecule has 0 spiro atoms. The molecule has 0 aliphatic rings. The minimum Gasteiger partial charge on any atom is -0.508 e. The Kier molecular flexibility index (Phi) is 4.82. The zero-order valence-electron chi connectivity index (χ0n) is 11.8. The Morgan fingerprint density at radius 1 is 1.32 bits per heavy atom. The Morgan fingerprint density at radius 2 is 2.05 bits per heavy atom. The van der Waals surface area contributed by atoms with Crippen molar-refractivity contribution in [1.82, 2.24) is 0 Å². The van der Waals surface area contributed by atoms with Crippen LogP contribution in [-0.2, 0) is 4.79 Å². The predicted molar refractivity (Wildman–Crippen MR) is 86.5 cm³/mol. The fourth-order valence-electron chi connectivity index (χ4n) is 1.86. The van der Waals surface area contributed by atoms with Crippen LogP contribution < -0.4 is 5.32 Å². The summed E-state index contributed by atoms with van der Waals surface area (Å²) in [5.74, 6) is -0.464. The van der Waals surface area contributed by atoms with Crippen molar-refractivity contribution in [1.29, 1.82) is 5.26 Å². The summed E-state index contributed by atoms with van der Waals surface area (Å²) in [4.78, 5) is 12.2. The molecule has 5 heteroatoms. The van der Waals surface area contributed by atoms with Gasteiger partial charge in [0.15, 0.2) is 0 Å². The van der Waals surface area contributed by atoms with Gasteiger partial charge in [-0.05, 0) is 48.4 Å². The molecule has 0 fully saturated rings. The molecule has 22 heavy (non-hydrogen) atoms. The van der Waals surface area contributed by atoms with Crippen LogP contribution in [0.1, 0.15) is 11.1 Å². The second kappa shape index (κ2) is 6.79. The monoisotopic (exact) mass is 312 g/mol. The molecule has 0 aliphatic heterocycles. The number of carbonyl (C=O) groups is 1. The zero-order chi connectivity index (χ0) is 16.1. The van der Waals surface area contributed by atoms with Gasteiger partial charge in [0.25, 0.3) is 5.91 Å². The summed E-state index contributed by atoms with van der Waals surface area (Å²) >= 11 is 6.00. The largest absolute Gasteiger partial charge is 0.508 e. The standard InChI is InChI=1S/C17H13ClN2O2/c1-11-15(18)6-3-7-16(11)20-17(22)13(10-19)8-12-4-2-5-14(21)9-12/h2-9,21H,1H3,(H,20,22).